The predicted octanol–water partition coefficient (Wildman–Crippen LogP) is 2.45. The van der Waals surface area contributed by atoms with Gasteiger partial charge in [0.1, 0.15) is 0 Å². The molecule has 2 atom stereocenters. The Morgan fingerprint density at radius 2 is 2.20 bits per heavy atom. The molecule has 1 heterocycles. The van der Waals surface area contributed by atoms with Crippen molar-refractivity contribution >= 4 is 17.5 Å². The van der Waals surface area contributed by atoms with Gasteiger partial charge in [-0.2, -0.15) is 0 Å². The van der Waals surface area contributed by atoms with Crippen molar-refractivity contribution < 1.29 is 14.6 Å². The van der Waals surface area contributed by atoms with E-state index in [-0.39, 0.29) is 17.9 Å². The zero-order chi connectivity index (χ0) is 14.6. The van der Waals surface area contributed by atoms with Crippen molar-refractivity contribution in [3.8, 4) is 0 Å². The third-order valence-corrected chi connectivity index (χ3v) is 3.85. The van der Waals surface area contributed by atoms with E-state index in [4.69, 9.17) is 16.3 Å². The Morgan fingerprint density at radius 3 is 2.80 bits per heavy atom. The Bertz CT molecular complexity index is 455. The van der Waals surface area contributed by atoms with Gasteiger partial charge in [0.15, 0.2) is 0 Å². The van der Waals surface area contributed by atoms with Crippen molar-refractivity contribution in [3.63, 3.8) is 0 Å². The number of benzene rings is 1. The van der Waals surface area contributed by atoms with Crippen LogP contribution in [0.15, 0.2) is 24.3 Å². The van der Waals surface area contributed by atoms with Crippen molar-refractivity contribution in [2.75, 3.05) is 13.2 Å². The van der Waals surface area contributed by atoms with Crippen LogP contribution in [-0.4, -0.2) is 29.8 Å². The lowest BCUT2D eigenvalue weighted by Gasteiger charge is -2.23. The summed E-state index contributed by atoms with van der Waals surface area (Å²) in [5, 5.41) is 13.4. The van der Waals surface area contributed by atoms with Crippen LogP contribution in [0.1, 0.15) is 37.9 Å². The lowest BCUT2D eigenvalue weighted by Crippen LogP contribution is -2.40. The molecule has 0 aliphatic carbocycles. The first-order chi connectivity index (χ1) is 9.48. The lowest BCUT2D eigenvalue weighted by molar-refractivity contribution is -0.124. The van der Waals surface area contributed by atoms with Crippen LogP contribution in [0.4, 0.5) is 0 Å². The first-order valence-corrected chi connectivity index (χ1v) is 7.20. The number of rotatable bonds is 5. The number of nitrogens with one attached hydrogen (secondary N) is 1. The summed E-state index contributed by atoms with van der Waals surface area (Å²) in [6.07, 6.45) is 1.20. The van der Waals surface area contributed by atoms with Crippen molar-refractivity contribution in [3.05, 3.63) is 34.9 Å². The van der Waals surface area contributed by atoms with E-state index in [9.17, 15) is 9.90 Å². The summed E-state index contributed by atoms with van der Waals surface area (Å²) < 4.78 is 5.60. The maximum Gasteiger partial charge on any atom is 0.223 e. The molecule has 1 fully saturated rings. The van der Waals surface area contributed by atoms with Crippen LogP contribution >= 0.6 is 11.6 Å². The van der Waals surface area contributed by atoms with E-state index in [1.165, 1.54) is 0 Å². The first-order valence-electron chi connectivity index (χ1n) is 6.83. The Hall–Kier alpha value is -1.10. The van der Waals surface area contributed by atoms with E-state index >= 15 is 0 Å². The molecule has 1 aromatic carbocycles. The maximum absolute atomic E-state index is 11.8. The largest absolute Gasteiger partial charge is 0.388 e. The van der Waals surface area contributed by atoms with Gasteiger partial charge >= 0.3 is 0 Å². The molecule has 110 valence electrons. The van der Waals surface area contributed by atoms with Gasteiger partial charge in [-0.1, -0.05) is 23.7 Å². The lowest BCUT2D eigenvalue weighted by atomic mass is 10.0. The number of aliphatic hydroxyl groups is 1. The molecule has 1 aliphatic rings. The van der Waals surface area contributed by atoms with Gasteiger partial charge in [0.25, 0.3) is 0 Å². The summed E-state index contributed by atoms with van der Waals surface area (Å²) in [4.78, 5) is 11.8. The maximum atomic E-state index is 11.8. The van der Waals surface area contributed by atoms with E-state index in [1.807, 2.05) is 6.92 Å². The van der Waals surface area contributed by atoms with Crippen LogP contribution in [0.25, 0.3) is 0 Å². The monoisotopic (exact) mass is 297 g/mol. The van der Waals surface area contributed by atoms with Crippen LogP contribution in [0.2, 0.25) is 5.02 Å². The summed E-state index contributed by atoms with van der Waals surface area (Å²) in [5.41, 5.74) is 0.425. The average Bonchev–Trinajstić information content (AvgIpc) is 2.85. The number of ether oxygens (including phenoxy) is 1. The minimum atomic E-state index is -0.815. The van der Waals surface area contributed by atoms with Gasteiger partial charge in [-0.05, 0) is 37.5 Å². The molecule has 2 unspecified atom stereocenters. The molecule has 1 saturated heterocycles. The molecule has 2 rings (SSSR count). The number of carbonyl (C=O) groups is 1. The van der Waals surface area contributed by atoms with E-state index < -0.39 is 6.10 Å². The van der Waals surface area contributed by atoms with E-state index in [0.717, 1.165) is 19.4 Å². The molecule has 20 heavy (non-hydrogen) atoms. The van der Waals surface area contributed by atoms with Crippen LogP contribution in [0.5, 0.6) is 0 Å². The fourth-order valence-electron chi connectivity index (χ4n) is 2.31. The molecule has 0 radical (unpaired) electrons. The van der Waals surface area contributed by atoms with E-state index in [0.29, 0.717) is 17.1 Å². The van der Waals surface area contributed by atoms with Crippen LogP contribution < -0.4 is 5.32 Å². The highest BCUT2D eigenvalue weighted by molar-refractivity contribution is 6.30. The summed E-state index contributed by atoms with van der Waals surface area (Å²) in [6.45, 7) is 3.23. The summed E-state index contributed by atoms with van der Waals surface area (Å²) in [5.74, 6) is -0.177. The highest BCUT2D eigenvalue weighted by Gasteiger charge is 2.30. The Balaban J connectivity index is 1.80. The fraction of sp³-hybridized carbons (Fsp3) is 0.533. The summed E-state index contributed by atoms with van der Waals surface area (Å²) in [7, 11) is 0. The van der Waals surface area contributed by atoms with Gasteiger partial charge in [-0.15, -0.1) is 0 Å². The second-order valence-corrected chi connectivity index (χ2v) is 5.89. The van der Waals surface area contributed by atoms with Gasteiger partial charge in [0.05, 0.1) is 18.1 Å². The Kier molecular flexibility index (Phi) is 5.02. The van der Waals surface area contributed by atoms with Crippen LogP contribution in [0.3, 0.4) is 0 Å². The molecule has 4 nitrogen and oxygen atoms in total. The molecule has 0 bridgehead atoms. The minimum Gasteiger partial charge on any atom is -0.388 e. The van der Waals surface area contributed by atoms with Gasteiger partial charge in [0.2, 0.25) is 5.91 Å². The van der Waals surface area contributed by atoms with Crippen molar-refractivity contribution in [1.82, 2.24) is 5.32 Å². The summed E-state index contributed by atoms with van der Waals surface area (Å²) >= 11 is 5.79. The molecule has 1 aromatic rings. The standard InChI is InChI=1S/C15H20ClNO3/c1-15(7-2-8-20-15)10-17-14(19)9-13(18)11-3-5-12(16)6-4-11/h3-6,13,18H,2,7-10H2,1H3,(H,17,19). The Labute approximate surface area is 124 Å². The first kappa shape index (κ1) is 15.3. The Morgan fingerprint density at radius 1 is 1.50 bits per heavy atom. The normalized spacial score (nSPS) is 23.6. The molecule has 0 aromatic heterocycles. The molecule has 2 N–H and O–H groups in total. The number of halogens is 1. The molecule has 0 spiro atoms. The third kappa shape index (κ3) is 4.20. The molecule has 5 heteroatoms. The smallest absolute Gasteiger partial charge is 0.223 e. The van der Waals surface area contributed by atoms with Crippen LogP contribution in [0, 0.1) is 0 Å². The predicted molar refractivity (Wildman–Crippen MR) is 77.6 cm³/mol. The van der Waals surface area contributed by atoms with Gasteiger partial charge in [-0.3, -0.25) is 4.79 Å². The molecule has 0 saturated carbocycles. The number of carbonyl (C=O) groups excluding carboxylic acids is 1. The van der Waals surface area contributed by atoms with E-state index in [2.05, 4.69) is 5.32 Å². The SMILES string of the molecule is CC1(CNC(=O)CC(O)c2ccc(Cl)cc2)CCCO1. The second-order valence-electron chi connectivity index (χ2n) is 5.45. The quantitative estimate of drug-likeness (QED) is 0.878. The minimum absolute atomic E-state index is 0.0394. The van der Waals surface area contributed by atoms with Crippen molar-refractivity contribution in [2.45, 2.75) is 37.9 Å². The van der Waals surface area contributed by atoms with Gasteiger partial charge < -0.3 is 15.2 Å². The third-order valence-electron chi connectivity index (χ3n) is 3.59. The van der Waals surface area contributed by atoms with E-state index in [1.54, 1.807) is 24.3 Å². The van der Waals surface area contributed by atoms with Crippen molar-refractivity contribution in [2.24, 2.45) is 0 Å². The molecule has 1 aliphatic heterocycles. The average molecular weight is 298 g/mol. The number of hydrogen-bond donors (Lipinski definition) is 2. The van der Waals surface area contributed by atoms with Crippen molar-refractivity contribution in [1.29, 1.82) is 0 Å². The highest BCUT2D eigenvalue weighted by atomic mass is 35.5. The highest BCUT2D eigenvalue weighted by Crippen LogP contribution is 2.24. The zero-order valence-electron chi connectivity index (χ0n) is 11.6. The number of aliphatic hydroxyl groups excluding tert-OH is 1. The number of hydrogen-bond acceptors (Lipinski definition) is 3. The second kappa shape index (κ2) is 6.57. The molecular formula is C15H20ClNO3. The topological polar surface area (TPSA) is 58.6 Å². The zero-order valence-corrected chi connectivity index (χ0v) is 12.3. The van der Waals surface area contributed by atoms with Crippen LogP contribution in [-0.2, 0) is 9.53 Å². The molecule has 1 amide bonds. The molecular weight excluding hydrogens is 278 g/mol. The van der Waals surface area contributed by atoms with Gasteiger partial charge in [-0.25, -0.2) is 0 Å². The number of amides is 1. The fourth-order valence-corrected chi connectivity index (χ4v) is 2.44. The summed E-state index contributed by atoms with van der Waals surface area (Å²) in [6, 6.07) is 6.85. The van der Waals surface area contributed by atoms with Gasteiger partial charge in [0, 0.05) is 18.2 Å².